The van der Waals surface area contributed by atoms with Gasteiger partial charge in [0.05, 0.1) is 0 Å². The Morgan fingerprint density at radius 3 is 2.56 bits per heavy atom. The lowest BCUT2D eigenvalue weighted by Crippen LogP contribution is -2.48. The van der Waals surface area contributed by atoms with Gasteiger partial charge in [-0.2, -0.15) is 0 Å². The fraction of sp³-hybridized carbons (Fsp3) is 0.583. The van der Waals surface area contributed by atoms with E-state index in [1.165, 1.54) is 0 Å². The average Bonchev–Trinajstić information content (AvgIpc) is 3.22. The van der Waals surface area contributed by atoms with Crippen LogP contribution >= 0.6 is 11.6 Å². The molecule has 2 aliphatic rings. The number of fused-ring (bicyclic) bond motifs is 1. The standard InChI is InChI=1S/C24H34ClN5O2/c1-17(23(31)26-7-10-29-13-11-28(2)12-14-29)18-5-8-30(9-6-18)24(32)22-16-19-15-20(25)3-4-21(19)27-22/h3-4,15-18,27H,5-14H2,1-2H3,(H,26,31)/t17-/m0/s1. The molecular weight excluding hydrogens is 426 g/mol. The van der Waals surface area contributed by atoms with Crippen molar-refractivity contribution in [3.8, 4) is 0 Å². The summed E-state index contributed by atoms with van der Waals surface area (Å²) in [6, 6.07) is 7.44. The van der Waals surface area contributed by atoms with Gasteiger partial charge in [-0.15, -0.1) is 0 Å². The number of halogens is 1. The first-order chi connectivity index (χ1) is 15.4. The second-order valence-corrected chi connectivity index (χ2v) is 9.71. The van der Waals surface area contributed by atoms with E-state index in [1.54, 1.807) is 0 Å². The summed E-state index contributed by atoms with van der Waals surface area (Å²) < 4.78 is 0. The van der Waals surface area contributed by atoms with Crippen LogP contribution in [0.5, 0.6) is 0 Å². The van der Waals surface area contributed by atoms with Crippen molar-refractivity contribution in [2.24, 2.45) is 11.8 Å². The molecule has 1 aromatic carbocycles. The van der Waals surface area contributed by atoms with E-state index in [9.17, 15) is 9.59 Å². The number of piperazine rings is 1. The fourth-order valence-corrected chi connectivity index (χ4v) is 4.96. The van der Waals surface area contributed by atoms with Gasteiger partial charge in [0.25, 0.3) is 5.91 Å². The number of carbonyl (C=O) groups excluding carboxylic acids is 2. The number of likely N-dealkylation sites (tertiary alicyclic amines) is 1. The number of H-pyrrole nitrogens is 1. The molecule has 4 rings (SSSR count). The number of aromatic nitrogens is 1. The normalized spacial score (nSPS) is 19.9. The molecule has 2 saturated heterocycles. The van der Waals surface area contributed by atoms with Gasteiger partial charge in [0, 0.05) is 74.2 Å². The predicted octanol–water partition coefficient (Wildman–Crippen LogP) is 2.67. The second kappa shape index (κ2) is 10.2. The molecule has 3 heterocycles. The molecule has 32 heavy (non-hydrogen) atoms. The zero-order valence-electron chi connectivity index (χ0n) is 19.1. The highest BCUT2D eigenvalue weighted by Gasteiger charge is 2.30. The van der Waals surface area contributed by atoms with E-state index < -0.39 is 0 Å². The van der Waals surface area contributed by atoms with Crippen LogP contribution in [0.3, 0.4) is 0 Å². The average molecular weight is 460 g/mol. The molecule has 0 aliphatic carbocycles. The summed E-state index contributed by atoms with van der Waals surface area (Å²) in [6.07, 6.45) is 1.70. The first-order valence-electron chi connectivity index (χ1n) is 11.7. The van der Waals surface area contributed by atoms with Gasteiger partial charge in [-0.25, -0.2) is 0 Å². The number of piperidine rings is 1. The molecule has 2 fully saturated rings. The molecule has 0 radical (unpaired) electrons. The maximum absolute atomic E-state index is 13.0. The van der Waals surface area contributed by atoms with E-state index in [-0.39, 0.29) is 17.7 Å². The van der Waals surface area contributed by atoms with Crippen LogP contribution in [0.15, 0.2) is 24.3 Å². The molecule has 2 N–H and O–H groups in total. The summed E-state index contributed by atoms with van der Waals surface area (Å²) in [6.45, 7) is 9.31. The number of likely N-dealkylation sites (N-methyl/N-ethyl adjacent to an activating group) is 1. The Balaban J connectivity index is 1.22. The van der Waals surface area contributed by atoms with Crippen molar-refractivity contribution in [2.45, 2.75) is 19.8 Å². The van der Waals surface area contributed by atoms with Crippen LogP contribution in [-0.2, 0) is 4.79 Å². The number of amides is 2. The van der Waals surface area contributed by atoms with Crippen molar-refractivity contribution in [2.75, 3.05) is 59.4 Å². The van der Waals surface area contributed by atoms with Gasteiger partial charge in [-0.05, 0) is 50.1 Å². The Hall–Kier alpha value is -2.09. The van der Waals surface area contributed by atoms with Gasteiger partial charge >= 0.3 is 0 Å². The van der Waals surface area contributed by atoms with Crippen molar-refractivity contribution < 1.29 is 9.59 Å². The molecular formula is C24H34ClN5O2. The molecule has 174 valence electrons. The molecule has 8 heteroatoms. The molecule has 0 bridgehead atoms. The number of carbonyl (C=O) groups is 2. The number of aromatic amines is 1. The summed E-state index contributed by atoms with van der Waals surface area (Å²) >= 11 is 6.06. The Labute approximate surface area is 195 Å². The molecule has 2 aromatic rings. The third-order valence-electron chi connectivity index (χ3n) is 7.08. The molecule has 2 aliphatic heterocycles. The summed E-state index contributed by atoms with van der Waals surface area (Å²) in [5.41, 5.74) is 1.50. The second-order valence-electron chi connectivity index (χ2n) is 9.27. The fourth-order valence-electron chi connectivity index (χ4n) is 4.78. The molecule has 0 saturated carbocycles. The van der Waals surface area contributed by atoms with E-state index in [1.807, 2.05) is 36.1 Å². The Morgan fingerprint density at radius 1 is 1.12 bits per heavy atom. The topological polar surface area (TPSA) is 71.7 Å². The number of hydrogen-bond donors (Lipinski definition) is 2. The van der Waals surface area contributed by atoms with Gasteiger partial charge in [0.15, 0.2) is 0 Å². The van der Waals surface area contributed by atoms with Crippen molar-refractivity contribution in [1.29, 1.82) is 0 Å². The lowest BCUT2D eigenvalue weighted by molar-refractivity contribution is -0.126. The number of benzene rings is 1. The molecule has 2 amide bonds. The summed E-state index contributed by atoms with van der Waals surface area (Å²) in [5.74, 6) is 0.426. The first kappa shape index (κ1) is 23.1. The van der Waals surface area contributed by atoms with Gasteiger partial charge in [-0.1, -0.05) is 18.5 Å². The number of rotatable bonds is 6. The van der Waals surface area contributed by atoms with Crippen LogP contribution in [-0.4, -0.2) is 90.9 Å². The Kier molecular flexibility index (Phi) is 7.38. The third kappa shape index (κ3) is 5.45. The quantitative estimate of drug-likeness (QED) is 0.696. The van der Waals surface area contributed by atoms with Crippen LogP contribution in [0.1, 0.15) is 30.3 Å². The number of nitrogens with zero attached hydrogens (tertiary/aromatic N) is 3. The van der Waals surface area contributed by atoms with Crippen LogP contribution in [0.2, 0.25) is 5.02 Å². The van der Waals surface area contributed by atoms with E-state index in [2.05, 4.69) is 27.1 Å². The van der Waals surface area contributed by atoms with E-state index >= 15 is 0 Å². The van der Waals surface area contributed by atoms with Crippen LogP contribution < -0.4 is 5.32 Å². The zero-order chi connectivity index (χ0) is 22.7. The van der Waals surface area contributed by atoms with Crippen LogP contribution in [0.4, 0.5) is 0 Å². The van der Waals surface area contributed by atoms with E-state index in [4.69, 9.17) is 11.6 Å². The highest BCUT2D eigenvalue weighted by atomic mass is 35.5. The van der Waals surface area contributed by atoms with Gasteiger partial charge in [0.2, 0.25) is 5.91 Å². The monoisotopic (exact) mass is 459 g/mol. The van der Waals surface area contributed by atoms with Crippen molar-refractivity contribution in [1.82, 2.24) is 25.0 Å². The molecule has 0 spiro atoms. The summed E-state index contributed by atoms with van der Waals surface area (Å²) in [4.78, 5) is 35.5. The van der Waals surface area contributed by atoms with E-state index in [0.29, 0.717) is 36.3 Å². The number of hydrogen-bond acceptors (Lipinski definition) is 4. The van der Waals surface area contributed by atoms with Gasteiger partial charge < -0.3 is 20.1 Å². The maximum atomic E-state index is 13.0. The first-order valence-corrected chi connectivity index (χ1v) is 12.0. The third-order valence-corrected chi connectivity index (χ3v) is 7.32. The van der Waals surface area contributed by atoms with Crippen molar-refractivity contribution in [3.05, 3.63) is 35.0 Å². The largest absolute Gasteiger partial charge is 0.355 e. The van der Waals surface area contributed by atoms with Gasteiger partial charge in [-0.3, -0.25) is 14.5 Å². The van der Waals surface area contributed by atoms with Gasteiger partial charge in [0.1, 0.15) is 5.69 Å². The maximum Gasteiger partial charge on any atom is 0.270 e. The summed E-state index contributed by atoms with van der Waals surface area (Å²) in [5, 5.41) is 4.73. The highest BCUT2D eigenvalue weighted by Crippen LogP contribution is 2.27. The highest BCUT2D eigenvalue weighted by molar-refractivity contribution is 6.31. The lowest BCUT2D eigenvalue weighted by atomic mass is 9.84. The predicted molar refractivity (Wildman–Crippen MR) is 128 cm³/mol. The lowest BCUT2D eigenvalue weighted by Gasteiger charge is -2.34. The Morgan fingerprint density at radius 2 is 1.84 bits per heavy atom. The number of nitrogens with one attached hydrogen (secondary N) is 2. The molecule has 7 nitrogen and oxygen atoms in total. The van der Waals surface area contributed by atoms with Crippen molar-refractivity contribution in [3.63, 3.8) is 0 Å². The minimum atomic E-state index is -0.0324. The molecule has 0 unspecified atom stereocenters. The smallest absolute Gasteiger partial charge is 0.270 e. The SMILES string of the molecule is C[C@H](C(=O)NCCN1CCN(C)CC1)C1CCN(C(=O)c2cc3cc(Cl)ccc3[nH]2)CC1. The summed E-state index contributed by atoms with van der Waals surface area (Å²) in [7, 11) is 2.15. The van der Waals surface area contributed by atoms with Crippen molar-refractivity contribution >= 4 is 34.3 Å². The molecule has 1 aromatic heterocycles. The minimum absolute atomic E-state index is 0.0139. The van der Waals surface area contributed by atoms with Crippen LogP contribution in [0, 0.1) is 11.8 Å². The zero-order valence-corrected chi connectivity index (χ0v) is 19.8. The van der Waals surface area contributed by atoms with E-state index in [0.717, 1.165) is 56.5 Å². The minimum Gasteiger partial charge on any atom is -0.355 e. The Bertz CT molecular complexity index is 945. The van der Waals surface area contributed by atoms with Crippen LogP contribution in [0.25, 0.3) is 10.9 Å². The molecule has 1 atom stereocenters.